The minimum absolute atomic E-state index is 0.125. The van der Waals surface area contributed by atoms with Gasteiger partial charge in [0.25, 0.3) is 41.4 Å². The highest BCUT2D eigenvalue weighted by molar-refractivity contribution is 6.04. The molecule has 1 aromatic heterocycles. The number of nitrogens with zero attached hydrogens (tertiary/aromatic N) is 10. The van der Waals surface area contributed by atoms with Gasteiger partial charge in [-0.2, -0.15) is 0 Å². The normalized spacial score (nSPS) is 9.75. The second-order valence-corrected chi connectivity index (χ2v) is 34.5. The van der Waals surface area contributed by atoms with Crippen LogP contribution in [0.1, 0.15) is 199 Å². The van der Waals surface area contributed by atoms with Gasteiger partial charge in [0, 0.05) is 251 Å². The van der Waals surface area contributed by atoms with Crippen LogP contribution in [-0.2, 0) is 38.2 Å². The van der Waals surface area contributed by atoms with Crippen LogP contribution in [0.25, 0.3) is 11.3 Å². The Morgan fingerprint density at radius 3 is 1.01 bits per heavy atom. The number of aryl methyl sites for hydroxylation is 6. The number of nitrogens with two attached hydrogens (primary N) is 1. The molecule has 0 saturated heterocycles. The predicted molar refractivity (Wildman–Crippen MR) is 600 cm³/mol. The van der Waals surface area contributed by atoms with E-state index in [1.54, 1.807) is 226 Å². The van der Waals surface area contributed by atoms with E-state index in [1.165, 1.54) is 59.4 Å². The van der Waals surface area contributed by atoms with Gasteiger partial charge in [-0.05, 0) is 235 Å². The van der Waals surface area contributed by atoms with E-state index in [-0.39, 0.29) is 65.2 Å². The minimum Gasteiger partial charge on any atom is -0.496 e. The lowest BCUT2D eigenvalue weighted by molar-refractivity contribution is 0.0514. The largest absolute Gasteiger partial charge is 0.496 e. The Morgan fingerprint density at radius 1 is 0.315 bits per heavy atom. The lowest BCUT2D eigenvalue weighted by Gasteiger charge is -2.15. The summed E-state index contributed by atoms with van der Waals surface area (Å²) in [6, 6.07) is 64.8. The molecule has 0 aliphatic rings. The summed E-state index contributed by atoms with van der Waals surface area (Å²) < 4.78 is 24.6. The van der Waals surface area contributed by atoms with Crippen LogP contribution in [0.4, 0.5) is 39.8 Å². The maximum Gasteiger partial charge on any atom is 0.341 e. The van der Waals surface area contributed by atoms with E-state index in [9.17, 15) is 57.5 Å². The van der Waals surface area contributed by atoms with Crippen LogP contribution in [0.5, 0.6) is 5.75 Å². The number of hydrogen-bond donors (Lipinski definition) is 7. The summed E-state index contributed by atoms with van der Waals surface area (Å²) in [6.07, 6.45) is 4.54. The van der Waals surface area contributed by atoms with Crippen molar-refractivity contribution in [3.05, 3.63) is 319 Å². The third-order valence-corrected chi connectivity index (χ3v) is 21.1. The Bertz CT molecular complexity index is 6040. The number of rotatable bonds is 27. The first-order valence-electron chi connectivity index (χ1n) is 48.2. The lowest BCUT2D eigenvalue weighted by atomic mass is 10.1. The summed E-state index contributed by atoms with van der Waals surface area (Å²) in [5.74, 6) is -1.30. The molecule has 0 saturated carbocycles. The molecule has 0 spiro atoms. The first-order valence-corrected chi connectivity index (χ1v) is 48.2. The Hall–Kier alpha value is -16.7. The number of methoxy groups -OCH3 is 2. The van der Waals surface area contributed by atoms with Crippen LogP contribution in [0.15, 0.2) is 219 Å². The van der Waals surface area contributed by atoms with Gasteiger partial charge in [0.05, 0.1) is 56.4 Å². The van der Waals surface area contributed by atoms with Gasteiger partial charge in [0.1, 0.15) is 17.1 Å². The smallest absolute Gasteiger partial charge is 0.341 e. The van der Waals surface area contributed by atoms with E-state index in [0.717, 1.165) is 81.5 Å². The fraction of sp³-hybridized carbons (Fsp3) is 0.339. The van der Waals surface area contributed by atoms with Crippen molar-refractivity contribution in [1.29, 1.82) is 0 Å². The number of ether oxygens (including phenoxy) is 5. The molecule has 11 aromatic rings. The summed E-state index contributed by atoms with van der Waals surface area (Å²) in [7, 11) is 41.4. The highest BCUT2D eigenvalue weighted by Crippen LogP contribution is 2.26. The quantitative estimate of drug-likeness (QED) is 0.0186. The molecule has 1 heterocycles. The number of benzene rings is 10. The van der Waals surface area contributed by atoms with Gasteiger partial charge in [-0.15, -0.1) is 0 Å². The van der Waals surface area contributed by atoms with E-state index >= 15 is 0 Å². The first-order chi connectivity index (χ1) is 70.5. The van der Waals surface area contributed by atoms with Crippen LogP contribution in [0.3, 0.4) is 0 Å². The number of para-hydroxylation sites is 1. The number of anilines is 7. The molecule has 802 valence electrons. The average Bonchev–Trinajstić information content (AvgIpc) is 0.831. The molecule has 0 aliphatic heterocycles. The number of esters is 4. The summed E-state index contributed by atoms with van der Waals surface area (Å²) in [6.45, 7) is 18.6. The fourth-order valence-corrected chi connectivity index (χ4v) is 13.1. The maximum atomic E-state index is 11.9. The minimum atomic E-state index is -0.551. The van der Waals surface area contributed by atoms with Gasteiger partial charge in [0.2, 0.25) is 5.91 Å². The molecular weight excluding hydrogens is 1890 g/mol. The fourth-order valence-electron chi connectivity index (χ4n) is 13.1. The zero-order valence-corrected chi connectivity index (χ0v) is 93.0. The summed E-state index contributed by atoms with van der Waals surface area (Å²) in [4.78, 5) is 161. The van der Waals surface area contributed by atoms with Crippen LogP contribution >= 0.6 is 0 Å². The van der Waals surface area contributed by atoms with Crippen molar-refractivity contribution in [2.24, 2.45) is 5.73 Å². The van der Waals surface area contributed by atoms with Crippen LogP contribution in [0.2, 0.25) is 0 Å². The van der Waals surface area contributed by atoms with Crippen molar-refractivity contribution in [3.8, 4) is 17.0 Å². The van der Waals surface area contributed by atoms with Gasteiger partial charge in [-0.1, -0.05) is 86.5 Å². The van der Waals surface area contributed by atoms with E-state index in [0.29, 0.717) is 98.0 Å². The highest BCUT2D eigenvalue weighted by atomic mass is 16.5. The molecule has 149 heavy (non-hydrogen) atoms. The molecule has 0 fully saturated rings. The van der Waals surface area contributed by atoms with Crippen LogP contribution in [0, 0.1) is 20.8 Å². The second-order valence-electron chi connectivity index (χ2n) is 34.5. The second kappa shape index (κ2) is 67.1. The van der Waals surface area contributed by atoms with Gasteiger partial charge >= 0.3 is 23.9 Å². The van der Waals surface area contributed by atoms with Crippen LogP contribution in [-0.4, -0.2) is 300 Å². The van der Waals surface area contributed by atoms with E-state index in [2.05, 4.69) is 95.7 Å². The molecule has 34 heteroatoms. The first kappa shape index (κ1) is 128. The average molecular weight is 2050 g/mol. The Labute approximate surface area is 880 Å². The lowest BCUT2D eigenvalue weighted by Crippen LogP contribution is -2.24. The third kappa shape index (κ3) is 44.8. The number of aromatic nitrogens is 2. The number of amides is 8. The van der Waals surface area contributed by atoms with Crippen molar-refractivity contribution in [2.75, 3.05) is 225 Å². The number of carbonyl (C=O) groups excluding carboxylic acids is 12. The molecule has 0 atom stereocenters. The van der Waals surface area contributed by atoms with E-state index < -0.39 is 5.91 Å². The van der Waals surface area contributed by atoms with Gasteiger partial charge < -0.3 is 101 Å². The SMILES string of the molecule is CCOC(=O)c1cc(C)cc(CC)c1.CCOC(=O)c1cc(CC)ccc1OC.CCOC(=O)c1cccc(N(C)C)c1.CCc1cc(C)cc(C(=O)OC)c1.CN(C)c1ccccc1.CNC(=O)c1cc(NC)cc(C(=O)N(C)C)c1.CNc1cc(C(=O)N(C)C)cc(C(=O)N(C)C)c1.CNc1cc(C(=O)N(C)C)cc(C(=O)N(C)C)c1.CNc1cc(C(N)=O)cc(C(=O)N(C)C)c1.CNc1cccc(-c2ccnc(C)n2)c1. The summed E-state index contributed by atoms with van der Waals surface area (Å²) in [5, 5.41) is 17.4. The molecule has 8 N–H and O–H groups in total. The number of hydrogen-bond acceptors (Lipinski definition) is 26. The van der Waals surface area contributed by atoms with Crippen molar-refractivity contribution >= 4 is 111 Å². The zero-order valence-electron chi connectivity index (χ0n) is 93.0. The monoisotopic (exact) mass is 2050 g/mol. The number of carbonyl (C=O) groups is 12. The zero-order chi connectivity index (χ0) is 113. The molecule has 8 amide bonds. The topological polar surface area (TPSA) is 401 Å². The molecular formula is C115H155N17O17. The third-order valence-electron chi connectivity index (χ3n) is 21.1. The van der Waals surface area contributed by atoms with Crippen molar-refractivity contribution < 1.29 is 81.2 Å². The molecule has 10 aromatic carbocycles. The molecule has 0 radical (unpaired) electrons. The number of nitrogens with one attached hydrogen (secondary N) is 6. The van der Waals surface area contributed by atoms with E-state index in [1.807, 2.05) is 172 Å². The Morgan fingerprint density at radius 2 is 0.671 bits per heavy atom. The van der Waals surface area contributed by atoms with Gasteiger partial charge in [-0.25, -0.2) is 29.1 Å². The van der Waals surface area contributed by atoms with Crippen molar-refractivity contribution in [2.45, 2.75) is 81.6 Å². The molecule has 0 aliphatic carbocycles. The molecule has 0 bridgehead atoms. The predicted octanol–water partition coefficient (Wildman–Crippen LogP) is 17.3. The standard InChI is InChI=1S/2C13H19N3O2.C12H17N3O2.C12H13N3.C12H16O3.C12H16O2.C11H15N3O2.C11H15NO2.C11H14O2.C8H11N/c2*1-14-11-7-9(12(17)15(2)3)6-10(8-11)13(18)16(4)5;1-13-10-6-8(11(16)14-2)5-9(7-10)12(17)15(3)4;1-9-14-7-6-12(15-9)10-4-3-5-11(8-10)13-2;1-4-9-6-7-11(14-3)10(8-9)12(13)15-5-2;1-4-10-6-9(3)7-11(8-10)12(13)14-5-2;1-13-9-5-7(10(12)15)4-8(6-9)11(16)14(2)3;1-4-14-11(13)9-6-5-7-10(8-9)12(2)3;1-4-9-5-8(2)6-10(7-9)11(12)13-3;1-9(2)8-6-4-3-5-7-8/h2*6-8,14H,1-5H3;5-7,13H,1-4H3,(H,14,16);3-8,13H,1-2H3;6-8H,4-5H2,1-3H3;6-8H,4-5H2,1-3H3;4-6,13H,1-3H3,(H2,12,15);5-8H,4H2,1-3H3;5-7H,4H2,1-3H3;3-7H,1-2H3. The maximum absolute atomic E-state index is 11.9. The Balaban J connectivity index is 0.000000561. The summed E-state index contributed by atoms with van der Waals surface area (Å²) >= 11 is 0. The van der Waals surface area contributed by atoms with Gasteiger partial charge in [-0.3, -0.25) is 38.4 Å². The van der Waals surface area contributed by atoms with Crippen LogP contribution < -0.4 is 52.2 Å². The van der Waals surface area contributed by atoms with Crippen molar-refractivity contribution in [1.82, 2.24) is 44.7 Å². The van der Waals surface area contributed by atoms with E-state index in [4.69, 9.17) is 24.7 Å². The molecule has 0 unspecified atom stereocenters. The van der Waals surface area contributed by atoms with Crippen molar-refractivity contribution in [3.63, 3.8) is 0 Å². The van der Waals surface area contributed by atoms with Gasteiger partial charge in [0.15, 0.2) is 0 Å². The summed E-state index contributed by atoms with van der Waals surface area (Å²) in [5.41, 5.74) is 25.2. The number of primary amides is 1. The molecule has 34 nitrogen and oxygen atoms in total. The Kier molecular flexibility index (Phi) is 57.8. The highest BCUT2D eigenvalue weighted by Gasteiger charge is 2.21. The molecule has 11 rings (SSSR count).